The molecule has 0 radical (unpaired) electrons. The Hall–Kier alpha value is -3.23. The molecule has 2 aliphatic rings. The highest BCUT2D eigenvalue weighted by Gasteiger charge is 2.31. The first-order valence-corrected chi connectivity index (χ1v) is 13.8. The molecule has 2 N–H and O–H groups in total. The van der Waals surface area contributed by atoms with Crippen LogP contribution in [0.3, 0.4) is 0 Å². The first-order chi connectivity index (χ1) is 17.7. The van der Waals surface area contributed by atoms with E-state index >= 15 is 0 Å². The van der Waals surface area contributed by atoms with E-state index in [9.17, 15) is 9.90 Å². The molecule has 1 aliphatic heterocycles. The number of fused-ring (bicyclic) bond motifs is 1. The van der Waals surface area contributed by atoms with Crippen molar-refractivity contribution < 1.29 is 9.90 Å². The number of likely N-dealkylation sites (tertiary alicyclic amines) is 1. The molecule has 36 heavy (non-hydrogen) atoms. The molecule has 1 saturated heterocycles. The standard InChI is InChI=1S/C28H31N5O2S/c34-22-9-14-32(15-10-22)27(35)19-4-6-21(7-5-19)30-28-29-13-8-26(31-28)33-16-11-24-23(2-1-3-25(24)33)20-12-17-36-18-20/h1-3,8,11-13,16-19,21-22,34H,4-7,9-10,14-15H2,(H,29,30,31). The van der Waals surface area contributed by atoms with Crippen LogP contribution >= 0.6 is 11.3 Å². The monoisotopic (exact) mass is 501 g/mol. The largest absolute Gasteiger partial charge is 0.393 e. The normalized spacial score (nSPS) is 21.1. The van der Waals surface area contributed by atoms with Gasteiger partial charge in [0.2, 0.25) is 11.9 Å². The second-order valence-electron chi connectivity index (χ2n) is 9.92. The number of aromatic nitrogens is 3. The van der Waals surface area contributed by atoms with Gasteiger partial charge in [-0.15, -0.1) is 0 Å². The fourth-order valence-electron chi connectivity index (χ4n) is 5.60. The van der Waals surface area contributed by atoms with Crippen molar-refractivity contribution in [2.45, 2.75) is 50.7 Å². The summed E-state index contributed by atoms with van der Waals surface area (Å²) in [5, 5.41) is 18.7. The molecule has 1 aromatic carbocycles. The van der Waals surface area contributed by atoms with Crippen LogP contribution in [0.25, 0.3) is 27.8 Å². The number of rotatable bonds is 5. The van der Waals surface area contributed by atoms with Gasteiger partial charge in [-0.25, -0.2) is 4.98 Å². The average molecular weight is 502 g/mol. The molecule has 186 valence electrons. The van der Waals surface area contributed by atoms with Gasteiger partial charge < -0.3 is 19.9 Å². The molecular weight excluding hydrogens is 470 g/mol. The number of carbonyl (C=O) groups is 1. The van der Waals surface area contributed by atoms with E-state index in [1.807, 2.05) is 11.0 Å². The molecule has 1 saturated carbocycles. The summed E-state index contributed by atoms with van der Waals surface area (Å²) in [7, 11) is 0. The van der Waals surface area contributed by atoms with Crippen LogP contribution in [0.2, 0.25) is 0 Å². The van der Waals surface area contributed by atoms with Crippen molar-refractivity contribution in [3.8, 4) is 16.9 Å². The van der Waals surface area contributed by atoms with Crippen molar-refractivity contribution in [3.63, 3.8) is 0 Å². The number of hydrogen-bond acceptors (Lipinski definition) is 6. The van der Waals surface area contributed by atoms with E-state index in [2.05, 4.69) is 62.2 Å². The summed E-state index contributed by atoms with van der Waals surface area (Å²) in [6.07, 6.45) is 8.63. The molecule has 0 spiro atoms. The lowest BCUT2D eigenvalue weighted by molar-refractivity contribution is -0.138. The number of benzene rings is 1. The number of aliphatic hydroxyl groups excluding tert-OH is 1. The quantitative estimate of drug-likeness (QED) is 0.397. The van der Waals surface area contributed by atoms with Crippen molar-refractivity contribution >= 4 is 34.1 Å². The summed E-state index contributed by atoms with van der Waals surface area (Å²) >= 11 is 1.71. The first-order valence-electron chi connectivity index (χ1n) is 12.8. The molecule has 0 unspecified atom stereocenters. The SMILES string of the molecule is O=C(C1CCC(Nc2nccc(-n3ccc4c(-c5ccsc5)cccc43)n2)CC1)N1CCC(O)CC1. The molecule has 4 heterocycles. The zero-order valence-corrected chi connectivity index (χ0v) is 21.0. The van der Waals surface area contributed by atoms with Crippen molar-refractivity contribution in [1.29, 1.82) is 0 Å². The topological polar surface area (TPSA) is 83.3 Å². The zero-order chi connectivity index (χ0) is 24.5. The van der Waals surface area contributed by atoms with Gasteiger partial charge in [0.15, 0.2) is 0 Å². The number of anilines is 1. The van der Waals surface area contributed by atoms with Crippen molar-refractivity contribution in [3.05, 3.63) is 59.6 Å². The van der Waals surface area contributed by atoms with Crippen molar-refractivity contribution in [2.75, 3.05) is 18.4 Å². The third-order valence-corrected chi connectivity index (χ3v) is 8.32. The van der Waals surface area contributed by atoms with Crippen LogP contribution in [0.1, 0.15) is 38.5 Å². The van der Waals surface area contributed by atoms with Crippen LogP contribution in [-0.4, -0.2) is 55.7 Å². The van der Waals surface area contributed by atoms with E-state index in [-0.39, 0.29) is 24.0 Å². The van der Waals surface area contributed by atoms with Crippen molar-refractivity contribution in [2.24, 2.45) is 5.92 Å². The van der Waals surface area contributed by atoms with E-state index in [1.165, 1.54) is 16.5 Å². The lowest BCUT2D eigenvalue weighted by Gasteiger charge is -2.35. The van der Waals surface area contributed by atoms with Crippen molar-refractivity contribution in [1.82, 2.24) is 19.4 Å². The summed E-state index contributed by atoms with van der Waals surface area (Å²) < 4.78 is 2.11. The molecule has 2 fully saturated rings. The maximum absolute atomic E-state index is 12.9. The first kappa shape index (κ1) is 23.2. The van der Waals surface area contributed by atoms with Gasteiger partial charge in [0.05, 0.1) is 11.6 Å². The Balaban J connectivity index is 1.13. The number of hydrogen-bond donors (Lipinski definition) is 2. The average Bonchev–Trinajstić information content (AvgIpc) is 3.60. The fourth-order valence-corrected chi connectivity index (χ4v) is 6.26. The third-order valence-electron chi connectivity index (χ3n) is 7.64. The lowest BCUT2D eigenvalue weighted by atomic mass is 9.85. The summed E-state index contributed by atoms with van der Waals surface area (Å²) in [5.41, 5.74) is 3.58. The Morgan fingerprint density at radius 2 is 1.86 bits per heavy atom. The van der Waals surface area contributed by atoms with Crippen LogP contribution in [0.4, 0.5) is 5.95 Å². The summed E-state index contributed by atoms with van der Waals surface area (Å²) in [6.45, 7) is 1.36. The molecule has 0 bridgehead atoms. The third kappa shape index (κ3) is 4.63. The van der Waals surface area contributed by atoms with E-state index in [1.54, 1.807) is 17.5 Å². The number of aliphatic hydroxyl groups is 1. The second kappa shape index (κ2) is 10.0. The zero-order valence-electron chi connectivity index (χ0n) is 20.2. The minimum Gasteiger partial charge on any atom is -0.393 e. The molecular formula is C28H31N5O2S. The minimum atomic E-state index is -0.253. The molecule has 6 rings (SSSR count). The predicted octanol–water partition coefficient (Wildman–Crippen LogP) is 5.10. The highest BCUT2D eigenvalue weighted by atomic mass is 32.1. The highest BCUT2D eigenvalue weighted by molar-refractivity contribution is 7.08. The molecule has 4 aromatic rings. The molecule has 3 aromatic heterocycles. The van der Waals surface area contributed by atoms with Gasteiger partial charge >= 0.3 is 0 Å². The van der Waals surface area contributed by atoms with Gasteiger partial charge in [-0.05, 0) is 84.7 Å². The van der Waals surface area contributed by atoms with Gasteiger partial charge in [-0.3, -0.25) is 4.79 Å². The maximum Gasteiger partial charge on any atom is 0.225 e. The lowest BCUT2D eigenvalue weighted by Crippen LogP contribution is -2.44. The van der Waals surface area contributed by atoms with E-state index < -0.39 is 0 Å². The number of nitrogens with zero attached hydrogens (tertiary/aromatic N) is 4. The van der Waals surface area contributed by atoms with Gasteiger partial charge in [0.1, 0.15) is 5.82 Å². The molecule has 1 aliphatic carbocycles. The van der Waals surface area contributed by atoms with Crippen LogP contribution in [0.5, 0.6) is 0 Å². The summed E-state index contributed by atoms with van der Waals surface area (Å²) in [4.78, 5) is 24.2. The predicted molar refractivity (Wildman–Crippen MR) is 143 cm³/mol. The maximum atomic E-state index is 12.9. The molecule has 7 nitrogen and oxygen atoms in total. The fraction of sp³-hybridized carbons (Fsp3) is 0.393. The van der Waals surface area contributed by atoms with E-state index in [0.29, 0.717) is 31.9 Å². The number of piperidine rings is 1. The Morgan fingerprint density at radius 1 is 1.03 bits per heavy atom. The number of amides is 1. The highest BCUT2D eigenvalue weighted by Crippen LogP contribution is 2.32. The van der Waals surface area contributed by atoms with Crippen LogP contribution in [0, 0.1) is 5.92 Å². The molecule has 0 atom stereocenters. The van der Waals surface area contributed by atoms with Crippen LogP contribution in [-0.2, 0) is 4.79 Å². The van der Waals surface area contributed by atoms with E-state index in [0.717, 1.165) is 37.0 Å². The smallest absolute Gasteiger partial charge is 0.225 e. The molecule has 8 heteroatoms. The van der Waals surface area contributed by atoms with Gasteiger partial charge in [0, 0.05) is 42.8 Å². The Labute approximate surface area is 214 Å². The summed E-state index contributed by atoms with van der Waals surface area (Å²) in [5.74, 6) is 1.82. The van der Waals surface area contributed by atoms with Crippen LogP contribution < -0.4 is 5.32 Å². The molecule has 1 amide bonds. The van der Waals surface area contributed by atoms with Crippen LogP contribution in [0.15, 0.2) is 59.6 Å². The Morgan fingerprint density at radius 3 is 2.64 bits per heavy atom. The minimum absolute atomic E-state index is 0.0919. The van der Waals surface area contributed by atoms with Gasteiger partial charge in [-0.2, -0.15) is 16.3 Å². The Bertz CT molecular complexity index is 1340. The van der Waals surface area contributed by atoms with Gasteiger partial charge in [-0.1, -0.05) is 12.1 Å². The van der Waals surface area contributed by atoms with E-state index in [4.69, 9.17) is 4.98 Å². The number of carbonyl (C=O) groups excluding carboxylic acids is 1. The number of thiophene rings is 1. The number of nitrogens with one attached hydrogen (secondary N) is 1. The summed E-state index contributed by atoms with van der Waals surface area (Å²) in [6, 6.07) is 12.9. The second-order valence-corrected chi connectivity index (χ2v) is 10.7. The Kier molecular flexibility index (Phi) is 6.46. The van der Waals surface area contributed by atoms with Gasteiger partial charge in [0.25, 0.3) is 0 Å².